The second kappa shape index (κ2) is 6.80. The van der Waals surface area contributed by atoms with Gasteiger partial charge in [0.05, 0.1) is 13.7 Å². The lowest BCUT2D eigenvalue weighted by Crippen LogP contribution is -2.11. The third-order valence-electron chi connectivity index (χ3n) is 3.71. The van der Waals surface area contributed by atoms with Crippen LogP contribution in [0.4, 0.5) is 0 Å². The number of methoxy groups -OCH3 is 1. The van der Waals surface area contributed by atoms with Crippen LogP contribution in [0, 0.1) is 0 Å². The van der Waals surface area contributed by atoms with E-state index < -0.39 is 0 Å². The van der Waals surface area contributed by atoms with Crippen LogP contribution in [-0.2, 0) is 12.0 Å². The molecule has 0 spiro atoms. The molecule has 0 bridgehead atoms. The molecule has 0 fully saturated rings. The summed E-state index contributed by atoms with van der Waals surface area (Å²) in [7, 11) is 1.69. The van der Waals surface area contributed by atoms with Crippen molar-refractivity contribution < 1.29 is 9.84 Å². The first-order chi connectivity index (χ1) is 10.4. The number of ether oxygens (including phenoxy) is 1. The van der Waals surface area contributed by atoms with E-state index in [2.05, 4.69) is 45.1 Å². The summed E-state index contributed by atoms with van der Waals surface area (Å²) in [5, 5.41) is 9.08. The number of rotatable bonds is 4. The van der Waals surface area contributed by atoms with Gasteiger partial charge in [-0.3, -0.25) is 0 Å². The maximum absolute atomic E-state index is 9.08. The second-order valence-electron chi connectivity index (χ2n) is 6.44. The standard InChI is InChI=1S/C20H24O2/c1-20(2,3)18-11-12-19(22-4)17(13-18)10-9-15-5-7-16(14-21)8-6-15/h5-13,21H,14H2,1-4H3/b10-9+. The van der Waals surface area contributed by atoms with E-state index in [9.17, 15) is 0 Å². The Morgan fingerprint density at radius 2 is 1.68 bits per heavy atom. The van der Waals surface area contributed by atoms with Crippen LogP contribution in [0.5, 0.6) is 5.75 Å². The fourth-order valence-electron chi connectivity index (χ4n) is 2.25. The summed E-state index contributed by atoms with van der Waals surface area (Å²) in [6.07, 6.45) is 4.13. The highest BCUT2D eigenvalue weighted by molar-refractivity contribution is 5.73. The first-order valence-corrected chi connectivity index (χ1v) is 7.50. The summed E-state index contributed by atoms with van der Waals surface area (Å²) >= 11 is 0. The molecule has 2 heteroatoms. The predicted molar refractivity (Wildman–Crippen MR) is 93.0 cm³/mol. The lowest BCUT2D eigenvalue weighted by molar-refractivity contribution is 0.282. The quantitative estimate of drug-likeness (QED) is 0.832. The average molecular weight is 296 g/mol. The van der Waals surface area contributed by atoms with Gasteiger partial charge < -0.3 is 9.84 Å². The Morgan fingerprint density at radius 3 is 2.23 bits per heavy atom. The molecule has 116 valence electrons. The first-order valence-electron chi connectivity index (χ1n) is 7.50. The normalized spacial score (nSPS) is 11.9. The molecule has 0 aliphatic rings. The molecule has 0 aliphatic heterocycles. The summed E-state index contributed by atoms with van der Waals surface area (Å²) in [6.45, 7) is 6.69. The molecule has 0 saturated carbocycles. The Labute approximate surface area is 133 Å². The van der Waals surface area contributed by atoms with Crippen molar-refractivity contribution in [3.63, 3.8) is 0 Å². The van der Waals surface area contributed by atoms with Crippen molar-refractivity contribution in [1.82, 2.24) is 0 Å². The summed E-state index contributed by atoms with van der Waals surface area (Å²) in [5.41, 5.74) is 4.48. The fraction of sp³-hybridized carbons (Fsp3) is 0.300. The van der Waals surface area contributed by atoms with E-state index >= 15 is 0 Å². The van der Waals surface area contributed by atoms with Gasteiger partial charge in [-0.1, -0.05) is 63.3 Å². The molecule has 0 saturated heterocycles. The van der Waals surface area contributed by atoms with E-state index in [1.54, 1.807) is 7.11 Å². The van der Waals surface area contributed by atoms with Crippen molar-refractivity contribution >= 4 is 12.2 Å². The van der Waals surface area contributed by atoms with E-state index in [0.717, 1.165) is 22.4 Å². The molecule has 2 aromatic rings. The fourth-order valence-corrected chi connectivity index (χ4v) is 2.25. The maximum Gasteiger partial charge on any atom is 0.126 e. The van der Waals surface area contributed by atoms with Gasteiger partial charge in [-0.2, -0.15) is 0 Å². The minimum atomic E-state index is 0.0748. The zero-order valence-electron chi connectivity index (χ0n) is 13.8. The maximum atomic E-state index is 9.08. The minimum Gasteiger partial charge on any atom is -0.496 e. The van der Waals surface area contributed by atoms with Crippen LogP contribution in [-0.4, -0.2) is 12.2 Å². The molecule has 0 radical (unpaired) electrons. The third-order valence-corrected chi connectivity index (χ3v) is 3.71. The Kier molecular flexibility index (Phi) is 5.04. The van der Waals surface area contributed by atoms with Gasteiger partial charge >= 0.3 is 0 Å². The van der Waals surface area contributed by atoms with E-state index in [4.69, 9.17) is 9.84 Å². The highest BCUT2D eigenvalue weighted by Gasteiger charge is 2.14. The van der Waals surface area contributed by atoms with E-state index in [-0.39, 0.29) is 12.0 Å². The van der Waals surface area contributed by atoms with Crippen LogP contribution in [0.25, 0.3) is 12.2 Å². The Bertz CT molecular complexity index is 646. The van der Waals surface area contributed by atoms with Crippen LogP contribution in [0.15, 0.2) is 42.5 Å². The van der Waals surface area contributed by atoms with Gasteiger partial charge in [-0.15, -0.1) is 0 Å². The lowest BCUT2D eigenvalue weighted by Gasteiger charge is -2.20. The van der Waals surface area contributed by atoms with Crippen LogP contribution in [0.2, 0.25) is 0 Å². The molecule has 0 atom stereocenters. The van der Waals surface area contributed by atoms with E-state index in [1.165, 1.54) is 5.56 Å². The van der Waals surface area contributed by atoms with Crippen LogP contribution >= 0.6 is 0 Å². The van der Waals surface area contributed by atoms with Gasteiger partial charge in [0.15, 0.2) is 0 Å². The van der Waals surface area contributed by atoms with Crippen LogP contribution in [0.1, 0.15) is 43.0 Å². The summed E-state index contributed by atoms with van der Waals surface area (Å²) in [4.78, 5) is 0. The SMILES string of the molecule is COc1ccc(C(C)(C)C)cc1/C=C/c1ccc(CO)cc1. The minimum absolute atomic E-state index is 0.0748. The molecule has 22 heavy (non-hydrogen) atoms. The smallest absolute Gasteiger partial charge is 0.126 e. The molecular weight excluding hydrogens is 272 g/mol. The predicted octanol–water partition coefficient (Wildman–Crippen LogP) is 4.66. The van der Waals surface area contributed by atoms with Crippen molar-refractivity contribution in [2.45, 2.75) is 32.8 Å². The monoisotopic (exact) mass is 296 g/mol. The third kappa shape index (κ3) is 3.99. The summed E-state index contributed by atoms with van der Waals surface area (Å²) in [6, 6.07) is 14.2. The highest BCUT2D eigenvalue weighted by Crippen LogP contribution is 2.29. The van der Waals surface area contributed by atoms with E-state index in [0.29, 0.717) is 0 Å². The number of aliphatic hydroxyl groups excluding tert-OH is 1. The van der Waals surface area contributed by atoms with Crippen molar-refractivity contribution in [2.75, 3.05) is 7.11 Å². The van der Waals surface area contributed by atoms with Gasteiger partial charge in [-0.05, 0) is 34.2 Å². The Morgan fingerprint density at radius 1 is 1.00 bits per heavy atom. The van der Waals surface area contributed by atoms with Gasteiger partial charge in [0.25, 0.3) is 0 Å². The molecule has 0 aliphatic carbocycles. The Hall–Kier alpha value is -2.06. The van der Waals surface area contributed by atoms with Crippen LogP contribution < -0.4 is 4.74 Å². The largest absolute Gasteiger partial charge is 0.496 e. The van der Waals surface area contributed by atoms with Crippen molar-refractivity contribution in [1.29, 1.82) is 0 Å². The molecule has 0 heterocycles. The first kappa shape index (κ1) is 16.3. The van der Waals surface area contributed by atoms with E-state index in [1.807, 2.05) is 30.3 Å². The van der Waals surface area contributed by atoms with Gasteiger partial charge in [0.2, 0.25) is 0 Å². The van der Waals surface area contributed by atoms with Gasteiger partial charge in [-0.25, -0.2) is 0 Å². The second-order valence-corrected chi connectivity index (χ2v) is 6.44. The lowest BCUT2D eigenvalue weighted by atomic mass is 9.86. The average Bonchev–Trinajstić information content (AvgIpc) is 2.52. The molecule has 0 unspecified atom stereocenters. The van der Waals surface area contributed by atoms with Crippen molar-refractivity contribution in [3.8, 4) is 5.75 Å². The molecule has 0 aromatic heterocycles. The highest BCUT2D eigenvalue weighted by atomic mass is 16.5. The number of hydrogen-bond donors (Lipinski definition) is 1. The summed E-state index contributed by atoms with van der Waals surface area (Å²) < 4.78 is 5.45. The zero-order valence-corrected chi connectivity index (χ0v) is 13.8. The van der Waals surface area contributed by atoms with Crippen molar-refractivity contribution in [3.05, 3.63) is 64.7 Å². The molecule has 2 aromatic carbocycles. The molecular formula is C20H24O2. The van der Waals surface area contributed by atoms with Crippen LogP contribution in [0.3, 0.4) is 0 Å². The van der Waals surface area contributed by atoms with Crippen molar-refractivity contribution in [2.24, 2.45) is 0 Å². The molecule has 1 N–H and O–H groups in total. The number of benzene rings is 2. The molecule has 2 rings (SSSR count). The summed E-state index contributed by atoms with van der Waals surface area (Å²) in [5.74, 6) is 0.872. The van der Waals surface area contributed by atoms with Gasteiger partial charge in [0.1, 0.15) is 5.75 Å². The number of hydrogen-bond acceptors (Lipinski definition) is 2. The number of aliphatic hydroxyl groups is 1. The molecule has 0 amide bonds. The topological polar surface area (TPSA) is 29.5 Å². The van der Waals surface area contributed by atoms with Gasteiger partial charge in [0, 0.05) is 5.56 Å². The molecule has 2 nitrogen and oxygen atoms in total. The zero-order chi connectivity index (χ0) is 16.2. The Balaban J connectivity index is 2.31.